The number of esters is 2. The molecule has 4 aromatic rings. The van der Waals surface area contributed by atoms with Gasteiger partial charge in [-0.25, -0.2) is 14.0 Å². The third-order valence-electron chi connectivity index (χ3n) is 5.42. The van der Waals surface area contributed by atoms with Gasteiger partial charge in [0.15, 0.2) is 12.3 Å². The number of nitrogens with one attached hydrogen (secondary N) is 1. The Morgan fingerprint density at radius 2 is 1.32 bits per heavy atom. The van der Waals surface area contributed by atoms with Crippen molar-refractivity contribution in [3.63, 3.8) is 0 Å². The van der Waals surface area contributed by atoms with Crippen LogP contribution in [0.4, 0.5) is 4.39 Å². The number of halogens is 2. The number of benzene rings is 4. The molecular formula is C27H21BrFNO4. The summed E-state index contributed by atoms with van der Waals surface area (Å²) in [6, 6.07) is 25.4. The van der Waals surface area contributed by atoms with E-state index in [1.165, 1.54) is 0 Å². The van der Waals surface area contributed by atoms with E-state index in [1.54, 1.807) is 30.3 Å². The predicted molar refractivity (Wildman–Crippen MR) is 134 cm³/mol. The van der Waals surface area contributed by atoms with Gasteiger partial charge in [0.1, 0.15) is 6.61 Å². The minimum Gasteiger partial charge on any atom is -0.461 e. The van der Waals surface area contributed by atoms with Gasteiger partial charge in [0.25, 0.3) is 0 Å². The summed E-state index contributed by atoms with van der Waals surface area (Å²) < 4.78 is 25.2. The van der Waals surface area contributed by atoms with Crippen LogP contribution in [0.3, 0.4) is 0 Å². The van der Waals surface area contributed by atoms with Crippen LogP contribution in [0.2, 0.25) is 0 Å². The lowest BCUT2D eigenvalue weighted by molar-refractivity contribution is 0.00884. The Labute approximate surface area is 204 Å². The van der Waals surface area contributed by atoms with Crippen LogP contribution >= 0.6 is 15.9 Å². The van der Waals surface area contributed by atoms with E-state index in [9.17, 15) is 14.0 Å². The monoisotopic (exact) mass is 521 g/mol. The fraction of sp³-hybridized carbons (Fsp3) is 0.148. The van der Waals surface area contributed by atoms with E-state index in [4.69, 9.17) is 14.9 Å². The third kappa shape index (κ3) is 5.31. The Bertz CT molecular complexity index is 1360. The van der Waals surface area contributed by atoms with Crippen molar-refractivity contribution in [2.24, 2.45) is 0 Å². The van der Waals surface area contributed by atoms with Gasteiger partial charge in [0.2, 0.25) is 0 Å². The summed E-state index contributed by atoms with van der Waals surface area (Å²) in [4.78, 5) is 24.4. The summed E-state index contributed by atoms with van der Waals surface area (Å²) in [6.07, 6.45) is -2.69. The highest BCUT2D eigenvalue weighted by atomic mass is 79.9. The van der Waals surface area contributed by atoms with Gasteiger partial charge in [-0.05, 0) is 45.8 Å². The van der Waals surface area contributed by atoms with Crippen molar-refractivity contribution in [2.45, 2.75) is 17.1 Å². The molecule has 0 spiro atoms. The molecule has 0 aliphatic rings. The maximum absolute atomic E-state index is 14.5. The molecule has 0 heterocycles. The van der Waals surface area contributed by atoms with Crippen molar-refractivity contribution >= 4 is 55.6 Å². The van der Waals surface area contributed by atoms with Crippen LogP contribution in [0.25, 0.3) is 21.5 Å². The summed E-state index contributed by atoms with van der Waals surface area (Å²) in [5.41, 5.74) is 0.612. The lowest BCUT2D eigenvalue weighted by atomic mass is 10.1. The molecule has 0 saturated carbocycles. The number of rotatable bonds is 8. The maximum atomic E-state index is 14.5. The molecule has 0 amide bonds. The van der Waals surface area contributed by atoms with E-state index in [1.807, 2.05) is 54.6 Å². The van der Waals surface area contributed by atoms with E-state index in [2.05, 4.69) is 15.9 Å². The fourth-order valence-corrected chi connectivity index (χ4v) is 4.12. The second-order valence-corrected chi connectivity index (χ2v) is 8.90. The molecule has 7 heteroatoms. The highest BCUT2D eigenvalue weighted by Crippen LogP contribution is 2.22. The first-order valence-electron chi connectivity index (χ1n) is 10.6. The normalized spacial score (nSPS) is 13.7. The number of carbonyl (C=O) groups is 2. The predicted octanol–water partition coefficient (Wildman–Crippen LogP) is 6.13. The van der Waals surface area contributed by atoms with Gasteiger partial charge < -0.3 is 14.9 Å². The Hall–Kier alpha value is -3.58. The quantitative estimate of drug-likeness (QED) is 0.172. The summed E-state index contributed by atoms with van der Waals surface area (Å²) in [5, 5.41) is 11.0. The topological polar surface area (TPSA) is 76.4 Å². The number of hydrogen-bond acceptors (Lipinski definition) is 5. The van der Waals surface area contributed by atoms with Crippen LogP contribution in [-0.4, -0.2) is 41.9 Å². The molecule has 34 heavy (non-hydrogen) atoms. The van der Waals surface area contributed by atoms with Gasteiger partial charge in [-0.1, -0.05) is 76.6 Å². The maximum Gasteiger partial charge on any atom is 0.338 e. The molecule has 4 aromatic carbocycles. The lowest BCUT2D eigenvalue weighted by Crippen LogP contribution is -2.39. The van der Waals surface area contributed by atoms with E-state index in [0.29, 0.717) is 11.8 Å². The first-order chi connectivity index (χ1) is 16.5. The first kappa shape index (κ1) is 23.6. The first-order valence-corrected chi connectivity index (χ1v) is 11.5. The van der Waals surface area contributed by atoms with Gasteiger partial charge >= 0.3 is 11.9 Å². The molecule has 0 aliphatic carbocycles. The molecule has 0 aromatic heterocycles. The molecule has 3 atom stereocenters. The molecular weight excluding hydrogens is 501 g/mol. The number of alkyl halides is 2. The van der Waals surface area contributed by atoms with Crippen LogP contribution in [0.1, 0.15) is 20.7 Å². The molecule has 0 radical (unpaired) electrons. The van der Waals surface area contributed by atoms with Crippen molar-refractivity contribution in [2.75, 3.05) is 6.61 Å². The Morgan fingerprint density at radius 1 is 0.824 bits per heavy atom. The highest BCUT2D eigenvalue weighted by molar-refractivity contribution is 9.09. The number of ether oxygens (including phenoxy) is 2. The molecule has 5 nitrogen and oxygen atoms in total. The standard InChI is InChI=1S/C27H21BrFNO4/c28-23(16-33-26(31)21-11-9-17-5-1-3-7-19(17)13-21)25(24(29)15-30)34-27(32)22-12-10-18-6-2-4-8-20(18)14-22/h1-15,23-25,30H,16H2/t23-,24+,25+/m0/s1. The van der Waals surface area contributed by atoms with Crippen LogP contribution in [0.15, 0.2) is 84.9 Å². The molecule has 4 rings (SSSR count). The zero-order valence-electron chi connectivity index (χ0n) is 18.0. The van der Waals surface area contributed by atoms with Crippen LogP contribution < -0.4 is 0 Å². The van der Waals surface area contributed by atoms with Crippen molar-refractivity contribution in [3.8, 4) is 0 Å². The summed E-state index contributed by atoms with van der Waals surface area (Å²) in [7, 11) is 0. The molecule has 0 aliphatic heterocycles. The zero-order valence-corrected chi connectivity index (χ0v) is 19.6. The molecule has 0 bridgehead atoms. The minimum atomic E-state index is -1.88. The Morgan fingerprint density at radius 3 is 1.85 bits per heavy atom. The molecule has 172 valence electrons. The number of hydrogen-bond donors (Lipinski definition) is 1. The third-order valence-corrected chi connectivity index (χ3v) is 6.20. The Kier molecular flexibility index (Phi) is 7.33. The highest BCUT2D eigenvalue weighted by Gasteiger charge is 2.32. The van der Waals surface area contributed by atoms with E-state index < -0.39 is 29.0 Å². The second-order valence-electron chi connectivity index (χ2n) is 7.72. The molecule has 0 saturated heterocycles. The van der Waals surface area contributed by atoms with E-state index in [0.717, 1.165) is 21.5 Å². The van der Waals surface area contributed by atoms with Gasteiger partial charge in [-0.3, -0.25) is 0 Å². The summed E-state index contributed by atoms with van der Waals surface area (Å²) >= 11 is 3.27. The molecule has 1 N–H and O–H groups in total. The van der Waals surface area contributed by atoms with E-state index >= 15 is 0 Å². The van der Waals surface area contributed by atoms with Crippen LogP contribution in [0, 0.1) is 5.41 Å². The van der Waals surface area contributed by atoms with Crippen molar-refractivity contribution in [1.29, 1.82) is 5.41 Å². The average molecular weight is 522 g/mol. The second kappa shape index (κ2) is 10.6. The van der Waals surface area contributed by atoms with Gasteiger partial charge in [-0.2, -0.15) is 0 Å². The van der Waals surface area contributed by atoms with Crippen LogP contribution in [0.5, 0.6) is 0 Å². The van der Waals surface area contributed by atoms with Crippen molar-refractivity contribution in [1.82, 2.24) is 0 Å². The largest absolute Gasteiger partial charge is 0.461 e. The molecule has 0 fully saturated rings. The fourth-order valence-electron chi connectivity index (χ4n) is 3.59. The van der Waals surface area contributed by atoms with Gasteiger partial charge in [-0.15, -0.1) is 0 Å². The molecule has 0 unspecified atom stereocenters. The summed E-state index contributed by atoms with van der Waals surface area (Å²) in [6.45, 7) is -0.254. The van der Waals surface area contributed by atoms with E-state index in [-0.39, 0.29) is 12.2 Å². The number of fused-ring (bicyclic) bond motifs is 2. The smallest absolute Gasteiger partial charge is 0.338 e. The Balaban J connectivity index is 1.44. The average Bonchev–Trinajstić information content (AvgIpc) is 2.88. The van der Waals surface area contributed by atoms with Crippen molar-refractivity contribution < 1.29 is 23.5 Å². The lowest BCUT2D eigenvalue weighted by Gasteiger charge is -2.24. The number of carbonyl (C=O) groups excluding carboxylic acids is 2. The SMILES string of the molecule is N=C[C@@H](F)[C@H](OC(=O)c1ccc2ccccc2c1)[C@@H](Br)COC(=O)c1ccc2ccccc2c1. The zero-order chi connectivity index (χ0) is 24.1. The van der Waals surface area contributed by atoms with Gasteiger partial charge in [0, 0.05) is 6.21 Å². The van der Waals surface area contributed by atoms with Crippen LogP contribution in [-0.2, 0) is 9.47 Å². The summed E-state index contributed by atoms with van der Waals surface area (Å²) in [5.74, 6) is -1.31. The van der Waals surface area contributed by atoms with Crippen molar-refractivity contribution in [3.05, 3.63) is 96.1 Å². The van der Waals surface area contributed by atoms with Gasteiger partial charge in [0.05, 0.1) is 16.0 Å². The minimum absolute atomic E-state index is 0.254.